The van der Waals surface area contributed by atoms with Crippen LogP contribution in [-0.2, 0) is 4.79 Å². The van der Waals surface area contributed by atoms with Crippen LogP contribution in [0.4, 0.5) is 5.69 Å². The first-order chi connectivity index (χ1) is 12.5. The highest BCUT2D eigenvalue weighted by Crippen LogP contribution is 2.30. The Morgan fingerprint density at radius 3 is 2.65 bits per heavy atom. The standard InChI is InChI=1S/C19H20Cl2N2O3/c1-26-17-5-3-2-4-16(17)23-7-6-15(11-23)22-19(25)18(24)12-8-13(20)10-14(21)9-12/h2-5,8-10,15,18,24H,6-7,11H2,1H3,(H,22,25). The van der Waals surface area contributed by atoms with Gasteiger partial charge in [-0.1, -0.05) is 35.3 Å². The Bertz CT molecular complexity index is 780. The smallest absolute Gasteiger partial charge is 0.253 e. The number of aliphatic hydroxyl groups is 1. The molecule has 1 aliphatic heterocycles. The molecule has 1 amide bonds. The summed E-state index contributed by atoms with van der Waals surface area (Å²) in [6.07, 6.45) is -0.529. The number of hydrogen-bond donors (Lipinski definition) is 2. The minimum Gasteiger partial charge on any atom is -0.495 e. The van der Waals surface area contributed by atoms with E-state index in [4.69, 9.17) is 27.9 Å². The number of nitrogens with one attached hydrogen (secondary N) is 1. The molecule has 0 aromatic heterocycles. The van der Waals surface area contributed by atoms with E-state index in [1.807, 2.05) is 24.3 Å². The van der Waals surface area contributed by atoms with Gasteiger partial charge in [0.25, 0.3) is 5.91 Å². The molecule has 0 radical (unpaired) electrons. The van der Waals surface area contributed by atoms with Gasteiger partial charge in [0.05, 0.1) is 12.8 Å². The van der Waals surface area contributed by atoms with Crippen LogP contribution in [0.2, 0.25) is 10.0 Å². The number of carbonyl (C=O) groups is 1. The zero-order valence-electron chi connectivity index (χ0n) is 14.3. The molecule has 0 saturated carbocycles. The number of methoxy groups -OCH3 is 1. The van der Waals surface area contributed by atoms with Gasteiger partial charge in [0.1, 0.15) is 5.75 Å². The predicted molar refractivity (Wildman–Crippen MR) is 103 cm³/mol. The monoisotopic (exact) mass is 394 g/mol. The quantitative estimate of drug-likeness (QED) is 0.815. The largest absolute Gasteiger partial charge is 0.495 e. The van der Waals surface area contributed by atoms with Gasteiger partial charge in [0, 0.05) is 29.2 Å². The van der Waals surface area contributed by atoms with E-state index in [0.29, 0.717) is 22.2 Å². The van der Waals surface area contributed by atoms with Gasteiger partial charge in [-0.05, 0) is 42.3 Å². The second-order valence-electron chi connectivity index (χ2n) is 6.22. The van der Waals surface area contributed by atoms with Crippen molar-refractivity contribution >= 4 is 34.8 Å². The molecule has 3 rings (SSSR count). The van der Waals surface area contributed by atoms with Crippen LogP contribution in [0, 0.1) is 0 Å². The normalized spacial score (nSPS) is 17.8. The number of rotatable bonds is 5. The van der Waals surface area contributed by atoms with Crippen LogP contribution >= 0.6 is 23.2 Å². The van der Waals surface area contributed by atoms with Crippen molar-refractivity contribution in [1.82, 2.24) is 5.32 Å². The predicted octanol–water partition coefficient (Wildman–Crippen LogP) is 3.43. The lowest BCUT2D eigenvalue weighted by atomic mass is 10.1. The number of anilines is 1. The number of carbonyl (C=O) groups excluding carboxylic acids is 1. The average Bonchev–Trinajstić information content (AvgIpc) is 3.08. The zero-order valence-corrected chi connectivity index (χ0v) is 15.8. The summed E-state index contributed by atoms with van der Waals surface area (Å²) in [5.41, 5.74) is 1.37. The number of ether oxygens (including phenoxy) is 1. The number of para-hydroxylation sites is 2. The maximum absolute atomic E-state index is 12.4. The molecule has 0 spiro atoms. The second-order valence-corrected chi connectivity index (χ2v) is 7.09. The molecule has 7 heteroatoms. The fraction of sp³-hybridized carbons (Fsp3) is 0.316. The van der Waals surface area contributed by atoms with Crippen molar-refractivity contribution in [3.05, 3.63) is 58.1 Å². The van der Waals surface area contributed by atoms with Crippen molar-refractivity contribution in [1.29, 1.82) is 0 Å². The highest BCUT2D eigenvalue weighted by atomic mass is 35.5. The number of nitrogens with zero attached hydrogens (tertiary/aromatic N) is 1. The minimum atomic E-state index is -1.31. The van der Waals surface area contributed by atoms with Crippen LogP contribution in [0.1, 0.15) is 18.1 Å². The summed E-state index contributed by atoms with van der Waals surface area (Å²) in [7, 11) is 1.64. The van der Waals surface area contributed by atoms with E-state index >= 15 is 0 Å². The van der Waals surface area contributed by atoms with Crippen LogP contribution in [0.25, 0.3) is 0 Å². The molecule has 138 valence electrons. The molecule has 2 aromatic rings. The number of hydrogen-bond acceptors (Lipinski definition) is 4. The summed E-state index contributed by atoms with van der Waals surface area (Å²) in [6, 6.07) is 12.3. The first kappa shape index (κ1) is 18.8. The molecule has 1 fully saturated rings. The molecule has 0 aliphatic carbocycles. The Kier molecular flexibility index (Phi) is 5.91. The lowest BCUT2D eigenvalue weighted by Crippen LogP contribution is -2.39. The van der Waals surface area contributed by atoms with Gasteiger partial charge in [-0.2, -0.15) is 0 Å². The minimum absolute atomic E-state index is 0.0586. The van der Waals surface area contributed by atoms with Gasteiger partial charge < -0.3 is 20.1 Å². The summed E-state index contributed by atoms with van der Waals surface area (Å²) < 4.78 is 5.40. The van der Waals surface area contributed by atoms with Crippen molar-refractivity contribution in [2.45, 2.75) is 18.6 Å². The maximum atomic E-state index is 12.4. The molecule has 2 N–H and O–H groups in total. The van der Waals surface area contributed by atoms with E-state index in [1.54, 1.807) is 13.2 Å². The summed E-state index contributed by atoms with van der Waals surface area (Å²) in [5, 5.41) is 14.0. The SMILES string of the molecule is COc1ccccc1N1CCC(NC(=O)C(O)c2cc(Cl)cc(Cl)c2)C1. The Hall–Kier alpha value is -1.95. The molecule has 1 heterocycles. The summed E-state index contributed by atoms with van der Waals surface area (Å²) >= 11 is 11.9. The third-order valence-electron chi connectivity index (χ3n) is 4.41. The van der Waals surface area contributed by atoms with Crippen LogP contribution < -0.4 is 15.0 Å². The van der Waals surface area contributed by atoms with Crippen LogP contribution in [0.15, 0.2) is 42.5 Å². The summed E-state index contributed by atoms with van der Waals surface area (Å²) in [6.45, 7) is 1.44. The molecular formula is C19H20Cl2N2O3. The summed E-state index contributed by atoms with van der Waals surface area (Å²) in [5.74, 6) is 0.336. The van der Waals surface area contributed by atoms with Crippen molar-refractivity contribution < 1.29 is 14.6 Å². The Morgan fingerprint density at radius 2 is 1.96 bits per heavy atom. The lowest BCUT2D eigenvalue weighted by molar-refractivity contribution is -0.130. The number of halogens is 2. The molecule has 2 atom stereocenters. The molecule has 26 heavy (non-hydrogen) atoms. The number of benzene rings is 2. The van der Waals surface area contributed by atoms with Crippen molar-refractivity contribution in [2.75, 3.05) is 25.1 Å². The second kappa shape index (κ2) is 8.16. The van der Waals surface area contributed by atoms with Gasteiger partial charge in [0.2, 0.25) is 0 Å². The van der Waals surface area contributed by atoms with Crippen molar-refractivity contribution in [3.63, 3.8) is 0 Å². The molecule has 1 saturated heterocycles. The Morgan fingerprint density at radius 1 is 1.27 bits per heavy atom. The van der Waals surface area contributed by atoms with E-state index in [2.05, 4.69) is 10.2 Å². The van der Waals surface area contributed by atoms with Gasteiger partial charge in [-0.25, -0.2) is 0 Å². The Balaban J connectivity index is 1.64. The van der Waals surface area contributed by atoms with Crippen LogP contribution in [-0.4, -0.2) is 37.3 Å². The highest BCUT2D eigenvalue weighted by Gasteiger charge is 2.28. The first-order valence-electron chi connectivity index (χ1n) is 8.30. The van der Waals surface area contributed by atoms with E-state index in [1.165, 1.54) is 12.1 Å². The van der Waals surface area contributed by atoms with Crippen molar-refractivity contribution in [2.24, 2.45) is 0 Å². The molecular weight excluding hydrogens is 375 g/mol. The Labute approximate surface area is 162 Å². The molecule has 2 unspecified atom stereocenters. The van der Waals surface area contributed by atoms with Gasteiger partial charge >= 0.3 is 0 Å². The van der Waals surface area contributed by atoms with Crippen molar-refractivity contribution in [3.8, 4) is 5.75 Å². The lowest BCUT2D eigenvalue weighted by Gasteiger charge is -2.22. The van der Waals surface area contributed by atoms with E-state index in [9.17, 15) is 9.90 Å². The van der Waals surface area contributed by atoms with Gasteiger partial charge in [-0.15, -0.1) is 0 Å². The van der Waals surface area contributed by atoms with Gasteiger partial charge in [-0.3, -0.25) is 4.79 Å². The third kappa shape index (κ3) is 4.23. The molecule has 5 nitrogen and oxygen atoms in total. The van der Waals surface area contributed by atoms with Gasteiger partial charge in [0.15, 0.2) is 6.10 Å². The van der Waals surface area contributed by atoms with E-state index in [0.717, 1.165) is 24.4 Å². The molecule has 1 aliphatic rings. The van der Waals surface area contributed by atoms with E-state index in [-0.39, 0.29) is 6.04 Å². The van der Waals surface area contributed by atoms with Crippen LogP contribution in [0.5, 0.6) is 5.75 Å². The maximum Gasteiger partial charge on any atom is 0.253 e. The third-order valence-corrected chi connectivity index (χ3v) is 4.85. The van der Waals surface area contributed by atoms with Crippen LogP contribution in [0.3, 0.4) is 0 Å². The fourth-order valence-electron chi connectivity index (χ4n) is 3.15. The number of aliphatic hydroxyl groups excluding tert-OH is 1. The molecule has 2 aromatic carbocycles. The fourth-order valence-corrected chi connectivity index (χ4v) is 3.70. The average molecular weight is 395 g/mol. The first-order valence-corrected chi connectivity index (χ1v) is 9.06. The topological polar surface area (TPSA) is 61.8 Å². The highest BCUT2D eigenvalue weighted by molar-refractivity contribution is 6.34. The zero-order chi connectivity index (χ0) is 18.7. The van der Waals surface area contributed by atoms with E-state index < -0.39 is 12.0 Å². The molecule has 0 bridgehead atoms. The summed E-state index contributed by atoms with van der Waals surface area (Å²) in [4.78, 5) is 14.6. The number of amides is 1.